The third-order valence-corrected chi connectivity index (χ3v) is 3.67. The Morgan fingerprint density at radius 1 is 1.29 bits per heavy atom. The van der Waals surface area contributed by atoms with Gasteiger partial charge in [-0.05, 0) is 37.0 Å². The Balaban J connectivity index is 0.00000220. The van der Waals surface area contributed by atoms with Crippen molar-refractivity contribution in [1.29, 1.82) is 0 Å². The number of benzene rings is 1. The fourth-order valence-electron chi connectivity index (χ4n) is 2.50. The smallest absolute Gasteiger partial charge is 0.328 e. The van der Waals surface area contributed by atoms with Crippen molar-refractivity contribution in [2.45, 2.75) is 31.8 Å². The molecule has 2 N–H and O–H groups in total. The Morgan fingerprint density at radius 2 is 1.95 bits per heavy atom. The molecule has 116 valence electrons. The van der Waals surface area contributed by atoms with Crippen LogP contribution in [0, 0.1) is 0 Å². The molecule has 0 aromatic heterocycles. The van der Waals surface area contributed by atoms with Crippen molar-refractivity contribution in [2.24, 2.45) is 5.73 Å². The van der Waals surface area contributed by atoms with Gasteiger partial charge < -0.3 is 15.4 Å². The van der Waals surface area contributed by atoms with Crippen molar-refractivity contribution in [1.82, 2.24) is 4.90 Å². The third kappa shape index (κ3) is 3.95. The number of halogens is 1. The summed E-state index contributed by atoms with van der Waals surface area (Å²) < 4.78 is 4.79. The first kappa shape index (κ1) is 17.5. The van der Waals surface area contributed by atoms with E-state index in [-0.39, 0.29) is 24.3 Å². The van der Waals surface area contributed by atoms with Crippen molar-refractivity contribution in [3.63, 3.8) is 0 Å². The monoisotopic (exact) mass is 312 g/mol. The summed E-state index contributed by atoms with van der Waals surface area (Å²) in [5, 5.41) is 0. The number of ether oxygens (including phenoxy) is 1. The molecular formula is C15H21ClN2O3. The van der Waals surface area contributed by atoms with Crippen LogP contribution < -0.4 is 5.73 Å². The van der Waals surface area contributed by atoms with Gasteiger partial charge in [-0.1, -0.05) is 12.1 Å². The minimum atomic E-state index is -0.463. The maximum atomic E-state index is 12.5. The summed E-state index contributed by atoms with van der Waals surface area (Å²) in [6, 6.07) is 6.73. The van der Waals surface area contributed by atoms with E-state index in [1.807, 2.05) is 12.1 Å². The zero-order valence-corrected chi connectivity index (χ0v) is 12.9. The maximum absolute atomic E-state index is 12.5. The molecule has 1 atom stereocenters. The maximum Gasteiger partial charge on any atom is 0.328 e. The number of nitrogens with two attached hydrogens (primary N) is 1. The number of nitrogens with zero attached hydrogens (tertiary/aromatic N) is 1. The van der Waals surface area contributed by atoms with Gasteiger partial charge in [-0.3, -0.25) is 4.79 Å². The van der Waals surface area contributed by atoms with E-state index < -0.39 is 6.04 Å². The van der Waals surface area contributed by atoms with Crippen LogP contribution in [0.5, 0.6) is 0 Å². The van der Waals surface area contributed by atoms with Crippen LogP contribution in [0.4, 0.5) is 0 Å². The topological polar surface area (TPSA) is 72.6 Å². The number of hydrogen-bond acceptors (Lipinski definition) is 4. The molecule has 5 nitrogen and oxygen atoms in total. The van der Waals surface area contributed by atoms with Gasteiger partial charge in [0.15, 0.2) is 0 Å². The molecule has 1 aromatic rings. The highest BCUT2D eigenvalue weighted by atomic mass is 35.5. The Morgan fingerprint density at radius 3 is 2.52 bits per heavy atom. The van der Waals surface area contributed by atoms with Gasteiger partial charge in [0.2, 0.25) is 0 Å². The number of carbonyl (C=O) groups excluding carboxylic acids is 2. The molecule has 1 aliphatic heterocycles. The second-order valence-corrected chi connectivity index (χ2v) is 4.93. The minimum Gasteiger partial charge on any atom is -0.467 e. The number of rotatable bonds is 3. The fourth-order valence-corrected chi connectivity index (χ4v) is 2.50. The van der Waals surface area contributed by atoms with E-state index in [1.54, 1.807) is 17.0 Å². The van der Waals surface area contributed by atoms with Crippen molar-refractivity contribution in [3.05, 3.63) is 35.4 Å². The molecule has 6 heteroatoms. The lowest BCUT2D eigenvalue weighted by Crippen LogP contribution is -2.48. The number of esters is 1. The number of hydrogen-bond donors (Lipinski definition) is 1. The second kappa shape index (κ2) is 8.00. The Bertz CT molecular complexity index is 490. The van der Waals surface area contributed by atoms with Gasteiger partial charge in [-0.2, -0.15) is 0 Å². The van der Waals surface area contributed by atoms with Crippen molar-refractivity contribution < 1.29 is 14.3 Å². The minimum absolute atomic E-state index is 0. The van der Waals surface area contributed by atoms with Crippen LogP contribution in [0.3, 0.4) is 0 Å². The van der Waals surface area contributed by atoms with Gasteiger partial charge in [0, 0.05) is 18.7 Å². The lowest BCUT2D eigenvalue weighted by atomic mass is 10.0. The quantitative estimate of drug-likeness (QED) is 0.863. The third-order valence-electron chi connectivity index (χ3n) is 3.67. The predicted molar refractivity (Wildman–Crippen MR) is 82.3 cm³/mol. The number of carbonyl (C=O) groups is 2. The van der Waals surface area contributed by atoms with Crippen LogP contribution >= 0.6 is 12.4 Å². The van der Waals surface area contributed by atoms with E-state index >= 15 is 0 Å². The molecular weight excluding hydrogens is 292 g/mol. The largest absolute Gasteiger partial charge is 0.467 e. The molecule has 1 fully saturated rings. The second-order valence-electron chi connectivity index (χ2n) is 4.93. The van der Waals surface area contributed by atoms with Crippen LogP contribution in [-0.4, -0.2) is 36.5 Å². The molecule has 2 rings (SSSR count). The molecule has 0 aliphatic carbocycles. The van der Waals surface area contributed by atoms with Crippen molar-refractivity contribution in [2.75, 3.05) is 13.7 Å². The Kier molecular flexibility index (Phi) is 6.65. The number of likely N-dealkylation sites (tertiary alicyclic amines) is 1. The predicted octanol–water partition coefficient (Wildman–Crippen LogP) is 1.73. The van der Waals surface area contributed by atoms with Crippen LogP contribution in [0.1, 0.15) is 35.2 Å². The molecule has 1 saturated heterocycles. The zero-order valence-electron chi connectivity index (χ0n) is 12.1. The summed E-state index contributed by atoms with van der Waals surface area (Å²) >= 11 is 0. The molecule has 1 amide bonds. The van der Waals surface area contributed by atoms with Gasteiger partial charge in [0.1, 0.15) is 6.04 Å². The SMILES string of the molecule is COC(=O)C1CCCCN1C(=O)c1ccc(CN)cc1.Cl. The van der Waals surface area contributed by atoms with Crippen LogP contribution in [-0.2, 0) is 16.1 Å². The average molecular weight is 313 g/mol. The molecule has 0 radical (unpaired) electrons. The van der Waals surface area contributed by atoms with E-state index in [9.17, 15) is 9.59 Å². The highest BCUT2D eigenvalue weighted by molar-refractivity contribution is 5.97. The number of piperidine rings is 1. The molecule has 0 spiro atoms. The zero-order chi connectivity index (χ0) is 14.5. The van der Waals surface area contributed by atoms with E-state index in [0.29, 0.717) is 25.1 Å². The van der Waals surface area contributed by atoms with Crippen LogP contribution in [0.2, 0.25) is 0 Å². The van der Waals surface area contributed by atoms with Crippen molar-refractivity contribution >= 4 is 24.3 Å². The summed E-state index contributed by atoms with van der Waals surface area (Å²) in [6.45, 7) is 1.04. The van der Waals surface area contributed by atoms with Gasteiger partial charge in [0.05, 0.1) is 7.11 Å². The van der Waals surface area contributed by atoms with Gasteiger partial charge >= 0.3 is 5.97 Å². The van der Waals surface area contributed by atoms with E-state index in [1.165, 1.54) is 7.11 Å². The highest BCUT2D eigenvalue weighted by Gasteiger charge is 2.33. The first-order chi connectivity index (χ1) is 9.67. The van der Waals surface area contributed by atoms with Gasteiger partial charge in [-0.25, -0.2) is 4.79 Å². The molecule has 21 heavy (non-hydrogen) atoms. The fraction of sp³-hybridized carbons (Fsp3) is 0.467. The molecule has 1 aromatic carbocycles. The first-order valence-electron chi connectivity index (χ1n) is 6.85. The molecule has 1 unspecified atom stereocenters. The summed E-state index contributed by atoms with van der Waals surface area (Å²) in [6.07, 6.45) is 2.52. The first-order valence-corrected chi connectivity index (χ1v) is 6.85. The molecule has 1 aliphatic rings. The molecule has 0 saturated carbocycles. The summed E-state index contributed by atoms with van der Waals surface area (Å²) in [5.74, 6) is -0.458. The average Bonchev–Trinajstić information content (AvgIpc) is 2.53. The van der Waals surface area contributed by atoms with Crippen LogP contribution in [0.25, 0.3) is 0 Å². The van der Waals surface area contributed by atoms with E-state index in [2.05, 4.69) is 0 Å². The summed E-state index contributed by atoms with van der Waals surface area (Å²) in [5.41, 5.74) is 7.10. The number of amides is 1. The summed E-state index contributed by atoms with van der Waals surface area (Å²) in [4.78, 5) is 25.9. The van der Waals surface area contributed by atoms with Crippen LogP contribution in [0.15, 0.2) is 24.3 Å². The molecule has 1 heterocycles. The standard InChI is InChI=1S/C15H20N2O3.ClH/c1-20-15(19)13-4-2-3-9-17(13)14(18)12-7-5-11(10-16)6-8-12;/h5-8,13H,2-4,9-10,16H2,1H3;1H. The lowest BCUT2D eigenvalue weighted by Gasteiger charge is -2.33. The van der Waals surface area contributed by atoms with E-state index in [4.69, 9.17) is 10.5 Å². The molecule has 0 bridgehead atoms. The normalized spacial score (nSPS) is 17.8. The summed E-state index contributed by atoms with van der Waals surface area (Å²) in [7, 11) is 1.36. The lowest BCUT2D eigenvalue weighted by molar-refractivity contribution is -0.147. The Labute approximate surface area is 130 Å². The van der Waals surface area contributed by atoms with Crippen molar-refractivity contribution in [3.8, 4) is 0 Å². The number of methoxy groups -OCH3 is 1. The highest BCUT2D eigenvalue weighted by Crippen LogP contribution is 2.21. The van der Waals surface area contributed by atoms with E-state index in [0.717, 1.165) is 18.4 Å². The van der Waals surface area contributed by atoms with Gasteiger partial charge in [0.25, 0.3) is 5.91 Å². The Hall–Kier alpha value is -1.59. The van der Waals surface area contributed by atoms with Gasteiger partial charge in [-0.15, -0.1) is 12.4 Å².